The van der Waals surface area contributed by atoms with E-state index in [1.807, 2.05) is 18.2 Å². The van der Waals surface area contributed by atoms with Crippen LogP contribution in [0.2, 0.25) is 0 Å². The van der Waals surface area contributed by atoms with E-state index in [4.69, 9.17) is 4.74 Å². The molecule has 3 aliphatic rings. The molecule has 2 amide bonds. The Labute approximate surface area is 212 Å². The van der Waals surface area contributed by atoms with Gasteiger partial charge in [-0.1, -0.05) is 30.3 Å². The van der Waals surface area contributed by atoms with Crippen molar-refractivity contribution in [2.45, 2.75) is 39.7 Å². The number of benzene rings is 1. The van der Waals surface area contributed by atoms with Crippen molar-refractivity contribution in [3.63, 3.8) is 0 Å². The molecule has 1 aromatic carbocycles. The standard InChI is InChI=1S/C28H37N3O3S/c1-18-19(2)35-20(3)26(18)28(33)31-15-23-13-30(14-24(23)16-31)11-9-25(21-7-5-4-6-8-21)29-27(32)22-10-12-34-17-22/h4-8,22-25H,9-17H2,1-3H3,(H,29,32)/t22?,23-,24?,25?/m0/s1. The summed E-state index contributed by atoms with van der Waals surface area (Å²) in [6.45, 7) is 12.2. The van der Waals surface area contributed by atoms with Crippen molar-refractivity contribution in [1.82, 2.24) is 15.1 Å². The van der Waals surface area contributed by atoms with Crippen LogP contribution in [-0.2, 0) is 9.53 Å². The van der Waals surface area contributed by atoms with Gasteiger partial charge in [-0.25, -0.2) is 0 Å². The van der Waals surface area contributed by atoms with Gasteiger partial charge in [-0.05, 0) is 56.6 Å². The molecule has 4 heterocycles. The van der Waals surface area contributed by atoms with Crippen molar-refractivity contribution in [3.05, 3.63) is 56.8 Å². The van der Waals surface area contributed by atoms with Crippen molar-refractivity contribution in [3.8, 4) is 0 Å². The van der Waals surface area contributed by atoms with Crippen LogP contribution in [0.5, 0.6) is 0 Å². The molecule has 2 aromatic rings. The number of nitrogens with zero attached hydrogens (tertiary/aromatic N) is 2. The monoisotopic (exact) mass is 495 g/mol. The minimum Gasteiger partial charge on any atom is -0.381 e. The van der Waals surface area contributed by atoms with Crippen LogP contribution in [0.4, 0.5) is 0 Å². The Balaban J connectivity index is 1.17. The summed E-state index contributed by atoms with van der Waals surface area (Å²) < 4.78 is 5.42. The number of carbonyl (C=O) groups excluding carboxylic acids is 2. The maximum absolute atomic E-state index is 13.3. The quantitative estimate of drug-likeness (QED) is 0.632. The molecule has 7 heteroatoms. The van der Waals surface area contributed by atoms with Gasteiger partial charge in [-0.3, -0.25) is 9.59 Å². The number of aryl methyl sites for hydroxylation is 2. The highest BCUT2D eigenvalue weighted by Crippen LogP contribution is 2.35. The number of nitrogens with one attached hydrogen (secondary N) is 1. The molecule has 35 heavy (non-hydrogen) atoms. The molecule has 1 aromatic heterocycles. The van der Waals surface area contributed by atoms with E-state index < -0.39 is 0 Å². The fourth-order valence-corrected chi connectivity index (χ4v) is 7.11. The number of amides is 2. The number of likely N-dealkylation sites (tertiary alicyclic amines) is 2. The average molecular weight is 496 g/mol. The molecule has 0 bridgehead atoms. The van der Waals surface area contributed by atoms with Crippen LogP contribution in [0.3, 0.4) is 0 Å². The van der Waals surface area contributed by atoms with Crippen LogP contribution in [0, 0.1) is 38.5 Å². The summed E-state index contributed by atoms with van der Waals surface area (Å²) in [5.74, 6) is 1.38. The van der Waals surface area contributed by atoms with E-state index in [1.54, 1.807) is 11.3 Å². The first kappa shape index (κ1) is 24.5. The highest BCUT2D eigenvalue weighted by atomic mass is 32.1. The van der Waals surface area contributed by atoms with Gasteiger partial charge in [0.1, 0.15) is 0 Å². The Hall–Kier alpha value is -2.22. The van der Waals surface area contributed by atoms with Gasteiger partial charge in [0.2, 0.25) is 5.91 Å². The Morgan fingerprint density at radius 3 is 2.37 bits per heavy atom. The predicted octanol–water partition coefficient (Wildman–Crippen LogP) is 3.96. The van der Waals surface area contributed by atoms with Crippen LogP contribution in [0.1, 0.15) is 50.1 Å². The van der Waals surface area contributed by atoms with Crippen molar-refractivity contribution in [1.29, 1.82) is 0 Å². The van der Waals surface area contributed by atoms with E-state index in [-0.39, 0.29) is 23.8 Å². The third-order valence-electron chi connectivity index (χ3n) is 8.18. The molecule has 0 radical (unpaired) electrons. The molecule has 0 aliphatic carbocycles. The average Bonchev–Trinajstić information content (AvgIpc) is 3.62. The highest BCUT2D eigenvalue weighted by Gasteiger charge is 2.42. The van der Waals surface area contributed by atoms with E-state index >= 15 is 0 Å². The van der Waals surface area contributed by atoms with Gasteiger partial charge in [-0.15, -0.1) is 11.3 Å². The maximum atomic E-state index is 13.3. The van der Waals surface area contributed by atoms with Crippen molar-refractivity contribution < 1.29 is 14.3 Å². The van der Waals surface area contributed by atoms with Gasteiger partial charge in [0, 0.05) is 49.1 Å². The molecule has 188 valence electrons. The van der Waals surface area contributed by atoms with Crippen molar-refractivity contribution in [2.75, 3.05) is 45.9 Å². The Morgan fingerprint density at radius 1 is 1.06 bits per heavy atom. The summed E-state index contributed by atoms with van der Waals surface area (Å²) in [7, 11) is 0. The first-order valence-electron chi connectivity index (χ1n) is 12.9. The molecular weight excluding hydrogens is 458 g/mol. The molecule has 0 spiro atoms. The van der Waals surface area contributed by atoms with Gasteiger partial charge in [0.25, 0.3) is 5.91 Å². The first-order chi connectivity index (χ1) is 16.9. The molecule has 3 unspecified atom stereocenters. The number of hydrogen-bond acceptors (Lipinski definition) is 5. The van der Waals surface area contributed by atoms with Gasteiger partial charge >= 0.3 is 0 Å². The smallest absolute Gasteiger partial charge is 0.255 e. The van der Waals surface area contributed by atoms with Crippen LogP contribution >= 0.6 is 11.3 Å². The Bertz CT molecular complexity index is 1050. The lowest BCUT2D eigenvalue weighted by molar-refractivity contribution is -0.125. The van der Waals surface area contributed by atoms with E-state index in [2.05, 4.69) is 48.0 Å². The zero-order valence-corrected chi connectivity index (χ0v) is 21.9. The van der Waals surface area contributed by atoms with E-state index in [0.29, 0.717) is 25.0 Å². The molecule has 3 fully saturated rings. The molecule has 5 rings (SSSR count). The summed E-state index contributed by atoms with van der Waals surface area (Å²) in [5.41, 5.74) is 3.24. The van der Waals surface area contributed by atoms with Crippen molar-refractivity contribution in [2.24, 2.45) is 17.8 Å². The summed E-state index contributed by atoms with van der Waals surface area (Å²) in [6.07, 6.45) is 1.69. The Morgan fingerprint density at radius 2 is 1.77 bits per heavy atom. The Kier molecular flexibility index (Phi) is 7.28. The third-order valence-corrected chi connectivity index (χ3v) is 9.30. The van der Waals surface area contributed by atoms with Gasteiger partial charge < -0.3 is 19.9 Å². The minimum atomic E-state index is -0.0323. The van der Waals surface area contributed by atoms with Gasteiger partial charge in [0.05, 0.1) is 24.1 Å². The second-order valence-electron chi connectivity index (χ2n) is 10.5. The van der Waals surface area contributed by atoms with Crippen LogP contribution < -0.4 is 5.32 Å². The fraction of sp³-hybridized carbons (Fsp3) is 0.571. The normalized spacial score (nSPS) is 25.1. The minimum absolute atomic E-state index is 0.00981. The summed E-state index contributed by atoms with van der Waals surface area (Å²) in [5, 5.41) is 3.30. The number of carbonyl (C=O) groups is 2. The van der Waals surface area contributed by atoms with Crippen LogP contribution in [0.15, 0.2) is 30.3 Å². The molecule has 3 saturated heterocycles. The first-order valence-corrected chi connectivity index (χ1v) is 13.7. The summed E-state index contributed by atoms with van der Waals surface area (Å²) >= 11 is 1.73. The zero-order valence-electron chi connectivity index (χ0n) is 21.1. The zero-order chi connectivity index (χ0) is 24.5. The molecule has 0 saturated carbocycles. The largest absolute Gasteiger partial charge is 0.381 e. The second kappa shape index (κ2) is 10.4. The summed E-state index contributed by atoms with van der Waals surface area (Å²) in [6, 6.07) is 10.3. The summed E-state index contributed by atoms with van der Waals surface area (Å²) in [4.78, 5) is 33.1. The molecule has 6 nitrogen and oxygen atoms in total. The number of hydrogen-bond donors (Lipinski definition) is 1. The third kappa shape index (κ3) is 5.18. The lowest BCUT2D eigenvalue weighted by atomic mass is 10.0. The van der Waals surface area contributed by atoms with E-state index in [1.165, 1.54) is 4.88 Å². The van der Waals surface area contributed by atoms with E-state index in [0.717, 1.165) is 67.1 Å². The SMILES string of the molecule is Cc1sc(C)c(C(=O)N2CC3CN(CCC(NC(=O)C4CCOC4)c4ccccc4)C[C@H]3C2)c1C. The molecule has 1 N–H and O–H groups in total. The number of fused-ring (bicyclic) bond motifs is 1. The van der Waals surface area contributed by atoms with Gasteiger partial charge in [0.15, 0.2) is 0 Å². The molecule has 3 aliphatic heterocycles. The van der Waals surface area contributed by atoms with Gasteiger partial charge in [-0.2, -0.15) is 0 Å². The number of rotatable bonds is 7. The fourth-order valence-electron chi connectivity index (χ4n) is 6.06. The number of thiophene rings is 1. The number of ether oxygens (including phenoxy) is 1. The maximum Gasteiger partial charge on any atom is 0.255 e. The molecular formula is C28H37N3O3S. The lowest BCUT2D eigenvalue weighted by Gasteiger charge is -2.25. The lowest BCUT2D eigenvalue weighted by Crippen LogP contribution is -2.37. The highest BCUT2D eigenvalue weighted by molar-refractivity contribution is 7.12. The van der Waals surface area contributed by atoms with Crippen molar-refractivity contribution >= 4 is 23.2 Å². The van der Waals surface area contributed by atoms with E-state index in [9.17, 15) is 9.59 Å². The predicted molar refractivity (Wildman–Crippen MR) is 139 cm³/mol. The van der Waals surface area contributed by atoms with Crippen LogP contribution in [0.25, 0.3) is 0 Å². The second-order valence-corrected chi connectivity index (χ2v) is 12.0. The van der Waals surface area contributed by atoms with Crippen LogP contribution in [-0.4, -0.2) is 67.6 Å². The molecule has 4 atom stereocenters. The topological polar surface area (TPSA) is 61.9 Å².